The molecule has 2 rings (SSSR count). The zero-order valence-corrected chi connectivity index (χ0v) is 11.1. The topological polar surface area (TPSA) is 79.7 Å². The second kappa shape index (κ2) is 5.62. The molecule has 0 aliphatic carbocycles. The summed E-state index contributed by atoms with van der Waals surface area (Å²) in [5.74, 6) is 1.51. The highest BCUT2D eigenvalue weighted by atomic mass is 16.5. The number of aromatic nitrogens is 1. The molecule has 102 valence electrons. The van der Waals surface area contributed by atoms with E-state index in [1.165, 1.54) is 0 Å². The van der Waals surface area contributed by atoms with Crippen LogP contribution in [-0.4, -0.2) is 26.5 Å². The quantitative estimate of drug-likeness (QED) is 0.890. The van der Waals surface area contributed by atoms with Crippen LogP contribution in [0, 0.1) is 0 Å². The number of methoxy groups -OCH3 is 3. The Morgan fingerprint density at radius 2 is 2.00 bits per heavy atom. The first kappa shape index (κ1) is 13.2. The molecule has 0 saturated heterocycles. The third-order valence-corrected chi connectivity index (χ3v) is 2.76. The molecule has 0 bridgehead atoms. The van der Waals surface area contributed by atoms with Crippen LogP contribution in [0.1, 0.15) is 5.56 Å². The Morgan fingerprint density at radius 1 is 1.21 bits per heavy atom. The van der Waals surface area contributed by atoms with Crippen LogP contribution in [0.2, 0.25) is 0 Å². The zero-order valence-electron chi connectivity index (χ0n) is 11.1. The summed E-state index contributed by atoms with van der Waals surface area (Å²) >= 11 is 0. The van der Waals surface area contributed by atoms with E-state index in [-0.39, 0.29) is 5.88 Å². The van der Waals surface area contributed by atoms with Gasteiger partial charge in [-0.25, -0.2) is 0 Å². The van der Waals surface area contributed by atoms with Gasteiger partial charge in [0.25, 0.3) is 0 Å². The number of ether oxygens (including phenoxy) is 3. The zero-order chi connectivity index (χ0) is 13.8. The van der Waals surface area contributed by atoms with Crippen molar-refractivity contribution < 1.29 is 18.7 Å². The van der Waals surface area contributed by atoms with Gasteiger partial charge in [0.2, 0.25) is 5.88 Å². The van der Waals surface area contributed by atoms with Crippen LogP contribution < -0.4 is 15.2 Å². The van der Waals surface area contributed by atoms with Crippen molar-refractivity contribution in [2.24, 2.45) is 0 Å². The monoisotopic (exact) mass is 264 g/mol. The third-order valence-electron chi connectivity index (χ3n) is 2.76. The number of benzene rings is 1. The summed E-state index contributed by atoms with van der Waals surface area (Å²) in [7, 11) is 4.78. The predicted octanol–water partition coefficient (Wildman–Crippen LogP) is 2.09. The number of rotatable bonds is 5. The van der Waals surface area contributed by atoms with Gasteiger partial charge >= 0.3 is 0 Å². The van der Waals surface area contributed by atoms with Crippen LogP contribution in [0.25, 0.3) is 11.1 Å². The molecule has 2 N–H and O–H groups in total. The molecular weight excluding hydrogens is 248 g/mol. The van der Waals surface area contributed by atoms with Crippen molar-refractivity contribution in [1.29, 1.82) is 0 Å². The van der Waals surface area contributed by atoms with Crippen molar-refractivity contribution in [3.8, 4) is 22.6 Å². The molecule has 0 radical (unpaired) electrons. The molecule has 0 spiro atoms. The van der Waals surface area contributed by atoms with E-state index < -0.39 is 0 Å². The Hall–Kier alpha value is -2.21. The normalized spacial score (nSPS) is 10.5. The number of hydrogen-bond donors (Lipinski definition) is 1. The Kier molecular flexibility index (Phi) is 3.91. The van der Waals surface area contributed by atoms with Crippen LogP contribution in [0.5, 0.6) is 11.5 Å². The van der Waals surface area contributed by atoms with Gasteiger partial charge in [-0.2, -0.15) is 0 Å². The van der Waals surface area contributed by atoms with E-state index >= 15 is 0 Å². The molecule has 19 heavy (non-hydrogen) atoms. The molecule has 0 saturated carbocycles. The molecule has 0 unspecified atom stereocenters. The number of nitrogens with two attached hydrogens (primary N) is 1. The molecule has 1 aromatic heterocycles. The molecule has 0 fully saturated rings. The van der Waals surface area contributed by atoms with Crippen molar-refractivity contribution in [2.45, 2.75) is 6.61 Å². The van der Waals surface area contributed by atoms with Gasteiger partial charge in [0.1, 0.15) is 0 Å². The van der Waals surface area contributed by atoms with E-state index in [1.807, 2.05) is 12.1 Å². The standard InChI is InChI=1S/C13H16N2O4/c1-16-7-9-4-8(10-6-15-19-13(10)14)5-11(17-2)12(9)18-3/h4-6H,7,14H2,1-3H3. The van der Waals surface area contributed by atoms with E-state index in [4.69, 9.17) is 24.5 Å². The van der Waals surface area contributed by atoms with Gasteiger partial charge in [0, 0.05) is 12.7 Å². The molecule has 2 aromatic rings. The Labute approximate surface area is 111 Å². The lowest BCUT2D eigenvalue weighted by Gasteiger charge is -2.14. The summed E-state index contributed by atoms with van der Waals surface area (Å²) in [6.07, 6.45) is 1.56. The van der Waals surface area contributed by atoms with Gasteiger partial charge < -0.3 is 24.5 Å². The van der Waals surface area contributed by atoms with Crippen molar-refractivity contribution >= 4 is 5.88 Å². The van der Waals surface area contributed by atoms with Gasteiger partial charge in [0.15, 0.2) is 11.5 Å². The third kappa shape index (κ3) is 2.48. The Bertz CT molecular complexity index is 566. The second-order valence-electron chi connectivity index (χ2n) is 3.91. The average Bonchev–Trinajstić information content (AvgIpc) is 2.84. The van der Waals surface area contributed by atoms with Gasteiger partial charge in [-0.15, -0.1) is 0 Å². The summed E-state index contributed by atoms with van der Waals surface area (Å²) in [6.45, 7) is 0.401. The van der Waals surface area contributed by atoms with E-state index in [2.05, 4.69) is 5.16 Å². The van der Waals surface area contributed by atoms with Crippen molar-refractivity contribution in [3.05, 3.63) is 23.9 Å². The SMILES string of the molecule is COCc1cc(-c2cnoc2N)cc(OC)c1OC. The lowest BCUT2D eigenvalue weighted by atomic mass is 10.0. The minimum Gasteiger partial charge on any atom is -0.493 e. The van der Waals surface area contributed by atoms with Crippen LogP contribution in [0.15, 0.2) is 22.9 Å². The van der Waals surface area contributed by atoms with Crippen LogP contribution in [0.3, 0.4) is 0 Å². The fourth-order valence-corrected chi connectivity index (χ4v) is 1.93. The number of anilines is 1. The highest BCUT2D eigenvalue weighted by molar-refractivity contribution is 5.75. The number of nitrogens with zero attached hydrogens (tertiary/aromatic N) is 1. The van der Waals surface area contributed by atoms with Gasteiger partial charge in [0.05, 0.1) is 32.6 Å². The smallest absolute Gasteiger partial charge is 0.229 e. The number of nitrogen functional groups attached to an aromatic ring is 1. The molecule has 0 aliphatic heterocycles. The highest BCUT2D eigenvalue weighted by Crippen LogP contribution is 2.38. The number of hydrogen-bond acceptors (Lipinski definition) is 6. The maximum atomic E-state index is 5.73. The van der Waals surface area contributed by atoms with Crippen LogP contribution in [-0.2, 0) is 11.3 Å². The molecule has 0 aliphatic rings. The summed E-state index contributed by atoms with van der Waals surface area (Å²) in [5.41, 5.74) is 8.13. The molecule has 0 amide bonds. The predicted molar refractivity (Wildman–Crippen MR) is 70.2 cm³/mol. The van der Waals surface area contributed by atoms with Gasteiger partial charge in [-0.1, -0.05) is 5.16 Å². The molecule has 1 heterocycles. The lowest BCUT2D eigenvalue weighted by Crippen LogP contribution is -1.99. The van der Waals surface area contributed by atoms with Gasteiger partial charge in [-0.05, 0) is 17.7 Å². The van der Waals surface area contributed by atoms with Crippen molar-refractivity contribution in [2.75, 3.05) is 27.1 Å². The summed E-state index contributed by atoms with van der Waals surface area (Å²) in [5, 5.41) is 3.67. The summed E-state index contributed by atoms with van der Waals surface area (Å²) < 4.78 is 20.7. The minimum atomic E-state index is 0.260. The van der Waals surface area contributed by atoms with E-state index in [1.54, 1.807) is 27.5 Å². The van der Waals surface area contributed by atoms with Crippen LogP contribution >= 0.6 is 0 Å². The van der Waals surface area contributed by atoms with Crippen LogP contribution in [0.4, 0.5) is 5.88 Å². The molecular formula is C13H16N2O4. The average molecular weight is 264 g/mol. The fourth-order valence-electron chi connectivity index (χ4n) is 1.93. The lowest BCUT2D eigenvalue weighted by molar-refractivity contribution is 0.181. The molecule has 0 atom stereocenters. The molecule has 1 aromatic carbocycles. The fraction of sp³-hybridized carbons (Fsp3) is 0.308. The first-order valence-electron chi connectivity index (χ1n) is 5.65. The second-order valence-corrected chi connectivity index (χ2v) is 3.91. The van der Waals surface area contributed by atoms with E-state index in [0.29, 0.717) is 23.7 Å². The maximum absolute atomic E-state index is 5.73. The largest absolute Gasteiger partial charge is 0.493 e. The highest BCUT2D eigenvalue weighted by Gasteiger charge is 2.16. The molecule has 6 heteroatoms. The van der Waals surface area contributed by atoms with E-state index in [9.17, 15) is 0 Å². The van der Waals surface area contributed by atoms with E-state index in [0.717, 1.165) is 11.1 Å². The first-order valence-corrected chi connectivity index (χ1v) is 5.65. The van der Waals surface area contributed by atoms with Crippen molar-refractivity contribution in [3.63, 3.8) is 0 Å². The first-order chi connectivity index (χ1) is 9.21. The maximum Gasteiger partial charge on any atom is 0.229 e. The Morgan fingerprint density at radius 3 is 2.53 bits per heavy atom. The molecule has 6 nitrogen and oxygen atoms in total. The Balaban J connectivity index is 2.57. The summed E-state index contributed by atoms with van der Waals surface area (Å²) in [4.78, 5) is 0. The minimum absolute atomic E-state index is 0.260. The van der Waals surface area contributed by atoms with Crippen molar-refractivity contribution in [1.82, 2.24) is 5.16 Å². The summed E-state index contributed by atoms with van der Waals surface area (Å²) in [6, 6.07) is 3.73. The van der Waals surface area contributed by atoms with Gasteiger partial charge in [-0.3, -0.25) is 0 Å².